The van der Waals surface area contributed by atoms with Crippen molar-refractivity contribution in [3.63, 3.8) is 0 Å². The van der Waals surface area contributed by atoms with Crippen LogP contribution in [0.1, 0.15) is 39.2 Å². The first-order chi connectivity index (χ1) is 11.7. The van der Waals surface area contributed by atoms with E-state index in [9.17, 15) is 9.59 Å². The maximum atomic E-state index is 12.7. The molecule has 1 fully saturated rings. The molecule has 6 heteroatoms. The van der Waals surface area contributed by atoms with Crippen LogP contribution in [0.15, 0.2) is 24.3 Å². The van der Waals surface area contributed by atoms with Crippen molar-refractivity contribution in [2.45, 2.75) is 45.7 Å². The van der Waals surface area contributed by atoms with Crippen LogP contribution in [-0.4, -0.2) is 43.2 Å². The Morgan fingerprint density at radius 2 is 1.88 bits per heavy atom. The lowest BCUT2D eigenvalue weighted by Gasteiger charge is -2.23. The highest BCUT2D eigenvalue weighted by atomic mass is 16.5. The molecule has 2 N–H and O–H groups in total. The Labute approximate surface area is 150 Å². The summed E-state index contributed by atoms with van der Waals surface area (Å²) in [6, 6.07) is 7.55. The minimum atomic E-state index is -0.776. The molecule has 0 aromatic heterocycles. The molecule has 0 bridgehead atoms. The van der Waals surface area contributed by atoms with Crippen LogP contribution in [0.4, 0.5) is 4.79 Å². The first-order valence-electron chi connectivity index (χ1n) is 8.83. The number of carbonyl (C=O) groups is 2. The Balaban J connectivity index is 1.96. The Bertz CT molecular complexity index is 615. The van der Waals surface area contributed by atoms with Gasteiger partial charge in [0, 0.05) is 5.56 Å². The van der Waals surface area contributed by atoms with Crippen molar-refractivity contribution in [2.75, 3.05) is 20.8 Å². The summed E-state index contributed by atoms with van der Waals surface area (Å²) in [6.07, 6.45) is 1.58. The highest BCUT2D eigenvalue weighted by Crippen LogP contribution is 2.24. The summed E-state index contributed by atoms with van der Waals surface area (Å²) in [5, 5.41) is 2.88. The van der Waals surface area contributed by atoms with E-state index in [2.05, 4.69) is 19.2 Å². The van der Waals surface area contributed by atoms with Gasteiger partial charge in [-0.15, -0.1) is 0 Å². The van der Waals surface area contributed by atoms with Crippen molar-refractivity contribution in [3.05, 3.63) is 29.8 Å². The van der Waals surface area contributed by atoms with E-state index < -0.39 is 5.54 Å². The first kappa shape index (κ1) is 19.2. The number of urea groups is 1. The van der Waals surface area contributed by atoms with Crippen LogP contribution in [0.2, 0.25) is 0 Å². The van der Waals surface area contributed by atoms with Gasteiger partial charge in [-0.3, -0.25) is 4.79 Å². The number of methoxy groups -OCH3 is 1. The number of nitrogens with one attached hydrogen (secondary N) is 2. The molecule has 0 radical (unpaired) electrons. The lowest BCUT2D eigenvalue weighted by Crippen LogP contribution is -3.09. The van der Waals surface area contributed by atoms with E-state index in [0.29, 0.717) is 19.0 Å². The number of quaternary nitrogens is 1. The van der Waals surface area contributed by atoms with Gasteiger partial charge >= 0.3 is 6.03 Å². The molecule has 0 aliphatic carbocycles. The number of amides is 3. The maximum absolute atomic E-state index is 12.7. The van der Waals surface area contributed by atoms with Crippen molar-refractivity contribution in [1.29, 1.82) is 0 Å². The van der Waals surface area contributed by atoms with Crippen LogP contribution in [-0.2, 0) is 11.3 Å². The van der Waals surface area contributed by atoms with Crippen LogP contribution in [0, 0.1) is 5.92 Å². The molecule has 1 saturated heterocycles. The monoisotopic (exact) mass is 348 g/mol. The Hall–Kier alpha value is -2.08. The third kappa shape index (κ3) is 4.72. The average Bonchev–Trinajstić information content (AvgIpc) is 2.77. The number of imide groups is 1. The van der Waals surface area contributed by atoms with Crippen LogP contribution < -0.4 is 15.0 Å². The molecule has 0 spiro atoms. The average molecular weight is 348 g/mol. The van der Waals surface area contributed by atoms with Gasteiger partial charge in [-0.25, -0.2) is 9.69 Å². The second-order valence-electron chi connectivity index (χ2n) is 7.57. The molecule has 2 atom stereocenters. The van der Waals surface area contributed by atoms with Crippen molar-refractivity contribution in [1.82, 2.24) is 10.2 Å². The van der Waals surface area contributed by atoms with Gasteiger partial charge in [0.05, 0.1) is 14.2 Å². The van der Waals surface area contributed by atoms with Gasteiger partial charge < -0.3 is 15.0 Å². The number of benzene rings is 1. The van der Waals surface area contributed by atoms with Crippen LogP contribution in [0.25, 0.3) is 0 Å². The zero-order valence-corrected chi connectivity index (χ0v) is 15.9. The lowest BCUT2D eigenvalue weighted by molar-refractivity contribution is -0.901. The first-order valence-corrected chi connectivity index (χ1v) is 8.83. The fourth-order valence-corrected chi connectivity index (χ4v) is 3.06. The molecule has 2 rings (SSSR count). The number of carbonyl (C=O) groups excluding carboxylic acids is 2. The number of nitrogens with zero attached hydrogens (tertiary/aromatic N) is 1. The van der Waals surface area contributed by atoms with Crippen LogP contribution >= 0.6 is 0 Å². The highest BCUT2D eigenvalue weighted by molar-refractivity contribution is 6.06. The molecule has 6 nitrogen and oxygen atoms in total. The van der Waals surface area contributed by atoms with E-state index in [-0.39, 0.29) is 11.9 Å². The third-order valence-corrected chi connectivity index (χ3v) is 4.66. The zero-order valence-electron chi connectivity index (χ0n) is 15.9. The smallest absolute Gasteiger partial charge is 0.329 e. The van der Waals surface area contributed by atoms with Crippen molar-refractivity contribution in [3.8, 4) is 5.75 Å². The second-order valence-corrected chi connectivity index (χ2v) is 7.57. The lowest BCUT2D eigenvalue weighted by atomic mass is 9.92. The number of ether oxygens (including phenoxy) is 1. The second kappa shape index (κ2) is 7.87. The molecule has 138 valence electrons. The standard InChI is InChI=1S/C19H29N3O3/c1-14(2)10-11-19(3)17(23)22(18(24)20-19)13-21(4)12-15-6-8-16(25-5)9-7-15/h6-9,14H,10-13H2,1-5H3,(H,20,24)/p+1/t19-/m0/s1. The number of hydrogen-bond acceptors (Lipinski definition) is 3. The summed E-state index contributed by atoms with van der Waals surface area (Å²) in [4.78, 5) is 27.4. The summed E-state index contributed by atoms with van der Waals surface area (Å²) >= 11 is 0. The van der Waals surface area contributed by atoms with Crippen molar-refractivity contribution >= 4 is 11.9 Å². The summed E-state index contributed by atoms with van der Waals surface area (Å²) in [5.41, 5.74) is 0.356. The van der Waals surface area contributed by atoms with Crippen molar-refractivity contribution < 1.29 is 19.2 Å². The molecular weight excluding hydrogens is 318 g/mol. The molecule has 25 heavy (non-hydrogen) atoms. The molecule has 1 aromatic carbocycles. The topological polar surface area (TPSA) is 63.1 Å². The minimum Gasteiger partial charge on any atom is -0.497 e. The van der Waals surface area contributed by atoms with Crippen LogP contribution in [0.3, 0.4) is 0 Å². The molecule has 1 unspecified atom stereocenters. The van der Waals surface area contributed by atoms with Gasteiger partial charge in [-0.2, -0.15) is 0 Å². The predicted molar refractivity (Wildman–Crippen MR) is 96.3 cm³/mol. The van der Waals surface area contributed by atoms with Gasteiger partial charge in [0.25, 0.3) is 5.91 Å². The minimum absolute atomic E-state index is 0.118. The molecule has 1 heterocycles. The molecule has 1 aliphatic rings. The summed E-state index contributed by atoms with van der Waals surface area (Å²) < 4.78 is 5.16. The van der Waals surface area contributed by atoms with E-state index in [1.807, 2.05) is 38.2 Å². The van der Waals surface area contributed by atoms with E-state index in [1.54, 1.807) is 7.11 Å². The van der Waals surface area contributed by atoms with E-state index >= 15 is 0 Å². The predicted octanol–water partition coefficient (Wildman–Crippen LogP) is 1.41. The number of rotatable bonds is 8. The Kier molecular flexibility index (Phi) is 6.06. The quantitative estimate of drug-likeness (QED) is 0.699. The SMILES string of the molecule is COc1ccc(C[NH+](C)CN2C(=O)N[C@@](C)(CCC(C)C)C2=O)cc1. The zero-order chi connectivity index (χ0) is 18.6. The molecule has 1 aromatic rings. The van der Waals surface area contributed by atoms with E-state index in [0.717, 1.165) is 29.2 Å². The molecule has 0 saturated carbocycles. The van der Waals surface area contributed by atoms with Gasteiger partial charge in [0.2, 0.25) is 0 Å². The summed E-state index contributed by atoms with van der Waals surface area (Å²) in [6.45, 7) is 7.15. The van der Waals surface area contributed by atoms with Gasteiger partial charge in [-0.1, -0.05) is 13.8 Å². The molecular formula is C19H30N3O3+. The Morgan fingerprint density at radius 1 is 1.24 bits per heavy atom. The fraction of sp³-hybridized carbons (Fsp3) is 0.579. The van der Waals surface area contributed by atoms with Gasteiger partial charge in [-0.05, 0) is 49.9 Å². The normalized spacial score (nSPS) is 21.6. The maximum Gasteiger partial charge on any atom is 0.329 e. The van der Waals surface area contributed by atoms with Gasteiger partial charge in [0.15, 0.2) is 6.67 Å². The number of hydrogen-bond donors (Lipinski definition) is 2. The van der Waals surface area contributed by atoms with E-state index in [1.165, 1.54) is 4.90 Å². The summed E-state index contributed by atoms with van der Waals surface area (Å²) in [7, 11) is 3.62. The molecule has 3 amide bonds. The van der Waals surface area contributed by atoms with Gasteiger partial charge in [0.1, 0.15) is 17.8 Å². The largest absolute Gasteiger partial charge is 0.497 e. The summed E-state index contributed by atoms with van der Waals surface area (Å²) in [5.74, 6) is 1.20. The highest BCUT2D eigenvalue weighted by Gasteiger charge is 2.48. The molecule has 1 aliphatic heterocycles. The van der Waals surface area contributed by atoms with E-state index in [4.69, 9.17) is 4.74 Å². The van der Waals surface area contributed by atoms with Crippen molar-refractivity contribution in [2.24, 2.45) is 5.92 Å². The van der Waals surface area contributed by atoms with Crippen LogP contribution in [0.5, 0.6) is 5.75 Å². The Morgan fingerprint density at radius 3 is 2.44 bits per heavy atom. The third-order valence-electron chi connectivity index (χ3n) is 4.66. The fourth-order valence-electron chi connectivity index (χ4n) is 3.06.